The second-order valence-corrected chi connectivity index (χ2v) is 8.54. The van der Waals surface area contributed by atoms with Crippen LogP contribution in [0.4, 0.5) is 4.79 Å². The summed E-state index contributed by atoms with van der Waals surface area (Å²) in [5.74, 6) is 0.335. The normalized spacial score (nSPS) is 11.7. The molecular formula is C26H31NO6S. The molecule has 0 saturated heterocycles. The van der Waals surface area contributed by atoms with Crippen molar-refractivity contribution in [3.63, 3.8) is 0 Å². The minimum Gasteiger partial charge on any atom is -0.485 e. The number of ether oxygens (including phenoxy) is 4. The van der Waals surface area contributed by atoms with Crippen molar-refractivity contribution in [3.8, 4) is 5.75 Å². The highest BCUT2D eigenvalue weighted by Gasteiger charge is 2.19. The van der Waals surface area contributed by atoms with E-state index in [0.29, 0.717) is 26.2 Å². The van der Waals surface area contributed by atoms with Crippen LogP contribution in [0.5, 0.6) is 5.75 Å². The number of nitrogens with zero attached hydrogens (tertiary/aromatic N) is 1. The first-order valence-electron chi connectivity index (χ1n) is 11.4. The number of hydrogen-bond donors (Lipinski definition) is 0. The number of benzene rings is 2. The third kappa shape index (κ3) is 7.74. The van der Waals surface area contributed by atoms with Crippen molar-refractivity contribution >= 4 is 34.2 Å². The molecule has 0 radical (unpaired) electrons. The first-order chi connectivity index (χ1) is 16.6. The van der Waals surface area contributed by atoms with Gasteiger partial charge < -0.3 is 23.8 Å². The fourth-order valence-electron chi connectivity index (χ4n) is 3.34. The molecule has 1 atom stereocenters. The van der Waals surface area contributed by atoms with Gasteiger partial charge in [0.1, 0.15) is 11.9 Å². The van der Waals surface area contributed by atoms with Crippen molar-refractivity contribution in [2.45, 2.75) is 32.3 Å². The van der Waals surface area contributed by atoms with Crippen LogP contribution in [-0.2, 0) is 19.0 Å². The van der Waals surface area contributed by atoms with E-state index in [-0.39, 0.29) is 12.5 Å². The number of amides is 1. The van der Waals surface area contributed by atoms with Gasteiger partial charge in [0, 0.05) is 37.6 Å². The number of thiophene rings is 1. The van der Waals surface area contributed by atoms with Crippen LogP contribution in [0.25, 0.3) is 10.8 Å². The summed E-state index contributed by atoms with van der Waals surface area (Å²) in [5, 5.41) is 6.21. The van der Waals surface area contributed by atoms with Gasteiger partial charge in [-0.05, 0) is 34.7 Å². The fraction of sp³-hybridized carbons (Fsp3) is 0.385. The van der Waals surface area contributed by atoms with Gasteiger partial charge in [-0.2, -0.15) is 11.3 Å². The molecule has 1 unspecified atom stereocenters. The SMILES string of the molecule is CCCOCCC(=O)OCOC(=O)N(C)CCC(Oc1cccc2ccccc12)c1ccsc1. The second kappa shape index (κ2) is 13.6. The van der Waals surface area contributed by atoms with Gasteiger partial charge >= 0.3 is 12.1 Å². The third-order valence-electron chi connectivity index (χ3n) is 5.17. The van der Waals surface area contributed by atoms with Gasteiger partial charge in [0.2, 0.25) is 6.79 Å². The Labute approximate surface area is 204 Å². The second-order valence-electron chi connectivity index (χ2n) is 7.76. The average Bonchev–Trinajstić information content (AvgIpc) is 3.39. The van der Waals surface area contributed by atoms with Crippen molar-refractivity contribution < 1.29 is 28.5 Å². The van der Waals surface area contributed by atoms with Crippen LogP contribution in [0.1, 0.15) is 37.9 Å². The Hall–Kier alpha value is -3.10. The van der Waals surface area contributed by atoms with Gasteiger partial charge in [-0.25, -0.2) is 4.79 Å². The largest absolute Gasteiger partial charge is 0.485 e. The molecule has 0 aliphatic carbocycles. The summed E-state index contributed by atoms with van der Waals surface area (Å²) in [6, 6.07) is 16.1. The summed E-state index contributed by atoms with van der Waals surface area (Å²) in [4.78, 5) is 25.4. The summed E-state index contributed by atoms with van der Waals surface area (Å²) in [6.45, 7) is 2.87. The zero-order valence-corrected chi connectivity index (χ0v) is 20.4. The van der Waals surface area contributed by atoms with E-state index < -0.39 is 18.9 Å². The number of carbonyl (C=O) groups is 2. The molecule has 34 heavy (non-hydrogen) atoms. The van der Waals surface area contributed by atoms with E-state index in [4.69, 9.17) is 18.9 Å². The Bertz CT molecular complexity index is 1030. The average molecular weight is 486 g/mol. The van der Waals surface area contributed by atoms with Crippen molar-refractivity contribution in [2.24, 2.45) is 0 Å². The lowest BCUT2D eigenvalue weighted by molar-refractivity contribution is -0.153. The minimum atomic E-state index is -0.565. The smallest absolute Gasteiger partial charge is 0.412 e. The molecule has 3 aromatic rings. The molecule has 1 heterocycles. The topological polar surface area (TPSA) is 74.3 Å². The van der Waals surface area contributed by atoms with Crippen LogP contribution in [0.15, 0.2) is 59.3 Å². The Morgan fingerprint density at radius 2 is 1.85 bits per heavy atom. The predicted octanol–water partition coefficient (Wildman–Crippen LogP) is 5.80. The molecule has 0 bridgehead atoms. The molecule has 0 aliphatic rings. The van der Waals surface area contributed by atoms with Gasteiger partial charge in [0.25, 0.3) is 0 Å². The highest BCUT2D eigenvalue weighted by atomic mass is 32.1. The zero-order chi connectivity index (χ0) is 24.2. The van der Waals surface area contributed by atoms with Crippen molar-refractivity contribution in [3.05, 3.63) is 64.9 Å². The van der Waals surface area contributed by atoms with E-state index in [1.165, 1.54) is 4.90 Å². The van der Waals surface area contributed by atoms with Crippen molar-refractivity contribution in [2.75, 3.05) is 33.6 Å². The summed E-state index contributed by atoms with van der Waals surface area (Å²) >= 11 is 1.60. The molecule has 3 rings (SSSR count). The standard InChI is InChI=1S/C26H31NO6S/c1-3-15-30-16-12-25(28)31-19-32-26(29)27(2)14-11-23(21-13-17-34-18-21)33-24-10-6-8-20-7-4-5-9-22(20)24/h4-10,13,17-18,23H,3,11-12,14-16,19H2,1-2H3. The lowest BCUT2D eigenvalue weighted by Gasteiger charge is -2.23. The molecule has 182 valence electrons. The van der Waals surface area contributed by atoms with Crippen molar-refractivity contribution in [1.82, 2.24) is 4.90 Å². The molecule has 0 N–H and O–H groups in total. The molecule has 0 fully saturated rings. The number of carbonyl (C=O) groups excluding carboxylic acids is 2. The van der Waals surface area contributed by atoms with E-state index in [1.54, 1.807) is 18.4 Å². The van der Waals surface area contributed by atoms with Crippen molar-refractivity contribution in [1.29, 1.82) is 0 Å². The monoisotopic (exact) mass is 485 g/mol. The summed E-state index contributed by atoms with van der Waals surface area (Å²) in [6.07, 6.45) is 0.790. The predicted molar refractivity (Wildman–Crippen MR) is 132 cm³/mol. The molecule has 1 aromatic heterocycles. The molecule has 8 heteroatoms. The summed E-state index contributed by atoms with van der Waals surface area (Å²) in [5.41, 5.74) is 1.05. The minimum absolute atomic E-state index is 0.126. The molecule has 2 aromatic carbocycles. The summed E-state index contributed by atoms with van der Waals surface area (Å²) in [7, 11) is 1.64. The van der Waals surface area contributed by atoms with Gasteiger partial charge in [0.05, 0.1) is 13.0 Å². The van der Waals surface area contributed by atoms with E-state index in [0.717, 1.165) is 28.5 Å². The van der Waals surface area contributed by atoms with Crippen LogP contribution < -0.4 is 4.74 Å². The van der Waals surface area contributed by atoms with E-state index >= 15 is 0 Å². The molecule has 0 spiro atoms. The van der Waals surface area contributed by atoms with Crippen LogP contribution in [0.2, 0.25) is 0 Å². The number of hydrogen-bond acceptors (Lipinski definition) is 7. The Morgan fingerprint density at radius 1 is 1.03 bits per heavy atom. The molecular weight excluding hydrogens is 454 g/mol. The van der Waals surface area contributed by atoms with Gasteiger partial charge in [-0.3, -0.25) is 4.79 Å². The lowest BCUT2D eigenvalue weighted by Crippen LogP contribution is -2.31. The van der Waals surface area contributed by atoms with E-state index in [2.05, 4.69) is 17.5 Å². The third-order valence-corrected chi connectivity index (χ3v) is 5.87. The number of rotatable bonds is 13. The fourth-order valence-corrected chi connectivity index (χ4v) is 4.04. The molecule has 1 amide bonds. The van der Waals surface area contributed by atoms with E-state index in [9.17, 15) is 9.59 Å². The first-order valence-corrected chi connectivity index (χ1v) is 12.3. The Balaban J connectivity index is 1.50. The molecule has 7 nitrogen and oxygen atoms in total. The maximum absolute atomic E-state index is 12.3. The highest BCUT2D eigenvalue weighted by Crippen LogP contribution is 2.32. The van der Waals surface area contributed by atoms with E-state index in [1.807, 2.05) is 48.7 Å². The highest BCUT2D eigenvalue weighted by molar-refractivity contribution is 7.07. The maximum atomic E-state index is 12.3. The first kappa shape index (κ1) is 25.5. The quantitative estimate of drug-likeness (QED) is 0.173. The summed E-state index contributed by atoms with van der Waals surface area (Å²) < 4.78 is 21.7. The lowest BCUT2D eigenvalue weighted by atomic mass is 10.1. The number of esters is 1. The van der Waals surface area contributed by atoms with Gasteiger partial charge in [0.15, 0.2) is 0 Å². The van der Waals surface area contributed by atoms with Crippen LogP contribution in [0.3, 0.4) is 0 Å². The number of fused-ring (bicyclic) bond motifs is 1. The molecule has 0 saturated carbocycles. The van der Waals surface area contributed by atoms with Crippen LogP contribution in [0, 0.1) is 0 Å². The Kier molecular flexibility index (Phi) is 10.2. The van der Waals surface area contributed by atoms with Gasteiger partial charge in [-0.1, -0.05) is 43.3 Å². The maximum Gasteiger partial charge on any atom is 0.412 e. The zero-order valence-electron chi connectivity index (χ0n) is 19.6. The van der Waals surface area contributed by atoms with Gasteiger partial charge in [-0.15, -0.1) is 0 Å². The van der Waals surface area contributed by atoms with Crippen LogP contribution >= 0.6 is 11.3 Å². The Morgan fingerprint density at radius 3 is 2.65 bits per heavy atom. The molecule has 0 aliphatic heterocycles. The van der Waals surface area contributed by atoms with Crippen LogP contribution in [-0.4, -0.2) is 50.6 Å².